The van der Waals surface area contributed by atoms with E-state index in [0.29, 0.717) is 5.92 Å². The number of hydrogen-bond acceptors (Lipinski definition) is 3. The Morgan fingerprint density at radius 2 is 1.90 bits per heavy atom. The Balaban J connectivity index is 1.87. The number of rotatable bonds is 5. The normalized spacial score (nSPS) is 24.8. The van der Waals surface area contributed by atoms with Gasteiger partial charge in [0.05, 0.1) is 6.10 Å². The summed E-state index contributed by atoms with van der Waals surface area (Å²) in [6, 6.07) is 7.97. The van der Waals surface area contributed by atoms with Gasteiger partial charge in [-0.05, 0) is 43.5 Å². The van der Waals surface area contributed by atoms with Gasteiger partial charge < -0.3 is 10.0 Å². The Bertz CT molecular complexity index is 446. The molecule has 3 atom stereocenters. The van der Waals surface area contributed by atoms with E-state index in [0.717, 1.165) is 37.2 Å². The highest BCUT2D eigenvalue weighted by molar-refractivity contribution is 7.84. The summed E-state index contributed by atoms with van der Waals surface area (Å²) in [7, 11) is 1.20. The minimum atomic E-state index is -0.907. The number of aliphatic hydroxyl groups excluding tert-OH is 1. The lowest BCUT2D eigenvalue weighted by Gasteiger charge is -2.31. The SMILES string of the molecule is CN(Cc1ccc(S(C)=O)cc1)CC1CCCCC1O. The third-order valence-electron chi connectivity index (χ3n) is 4.12. The van der Waals surface area contributed by atoms with E-state index in [1.54, 1.807) is 6.26 Å². The average Bonchev–Trinajstić information content (AvgIpc) is 2.42. The molecular weight excluding hydrogens is 270 g/mol. The molecule has 1 N–H and O–H groups in total. The summed E-state index contributed by atoms with van der Waals surface area (Å²) in [5.41, 5.74) is 1.23. The van der Waals surface area contributed by atoms with E-state index in [1.807, 2.05) is 24.3 Å². The van der Waals surface area contributed by atoms with Crippen LogP contribution in [0.25, 0.3) is 0 Å². The summed E-state index contributed by atoms with van der Waals surface area (Å²) in [5.74, 6) is 0.413. The molecule has 0 saturated heterocycles. The molecule has 3 unspecified atom stereocenters. The first-order valence-electron chi connectivity index (χ1n) is 7.35. The van der Waals surface area contributed by atoms with Crippen LogP contribution in [-0.2, 0) is 17.3 Å². The minimum Gasteiger partial charge on any atom is -0.393 e. The number of benzene rings is 1. The van der Waals surface area contributed by atoms with E-state index in [9.17, 15) is 9.32 Å². The first-order valence-corrected chi connectivity index (χ1v) is 8.91. The van der Waals surface area contributed by atoms with Crippen LogP contribution in [0.5, 0.6) is 0 Å². The molecule has 1 aromatic rings. The maximum Gasteiger partial charge on any atom is 0.0580 e. The molecule has 1 saturated carbocycles. The van der Waals surface area contributed by atoms with Gasteiger partial charge in [-0.15, -0.1) is 0 Å². The van der Waals surface area contributed by atoms with Gasteiger partial charge >= 0.3 is 0 Å². The van der Waals surface area contributed by atoms with E-state index < -0.39 is 10.8 Å². The predicted octanol–water partition coefficient (Wildman–Crippen LogP) is 2.41. The summed E-state index contributed by atoms with van der Waals surface area (Å²) in [6.45, 7) is 1.82. The largest absolute Gasteiger partial charge is 0.393 e. The molecule has 2 rings (SSSR count). The Labute approximate surface area is 124 Å². The van der Waals surface area contributed by atoms with Crippen LogP contribution < -0.4 is 0 Å². The second-order valence-corrected chi connectivity index (χ2v) is 7.29. The van der Waals surface area contributed by atoms with Crippen molar-refractivity contribution in [1.82, 2.24) is 4.90 Å². The van der Waals surface area contributed by atoms with E-state index in [-0.39, 0.29) is 6.10 Å². The molecule has 0 spiro atoms. The van der Waals surface area contributed by atoms with Crippen molar-refractivity contribution in [3.63, 3.8) is 0 Å². The maximum absolute atomic E-state index is 11.4. The van der Waals surface area contributed by atoms with Gasteiger partial charge in [0.1, 0.15) is 0 Å². The van der Waals surface area contributed by atoms with E-state index in [1.165, 1.54) is 12.0 Å². The fourth-order valence-corrected chi connectivity index (χ4v) is 3.48. The topological polar surface area (TPSA) is 40.5 Å². The third-order valence-corrected chi connectivity index (χ3v) is 5.06. The number of hydrogen-bond donors (Lipinski definition) is 1. The molecule has 20 heavy (non-hydrogen) atoms. The Morgan fingerprint density at radius 1 is 1.25 bits per heavy atom. The smallest absolute Gasteiger partial charge is 0.0580 e. The molecule has 0 heterocycles. The molecule has 112 valence electrons. The molecule has 0 radical (unpaired) electrons. The van der Waals surface area contributed by atoms with Crippen molar-refractivity contribution in [2.24, 2.45) is 5.92 Å². The van der Waals surface area contributed by atoms with Crippen molar-refractivity contribution in [3.8, 4) is 0 Å². The van der Waals surface area contributed by atoms with Gasteiger partial charge in [-0.3, -0.25) is 4.21 Å². The van der Waals surface area contributed by atoms with Gasteiger partial charge in [-0.25, -0.2) is 0 Å². The predicted molar refractivity (Wildman–Crippen MR) is 83.1 cm³/mol. The van der Waals surface area contributed by atoms with Gasteiger partial charge in [0.15, 0.2) is 0 Å². The highest BCUT2D eigenvalue weighted by atomic mass is 32.2. The molecule has 0 aliphatic heterocycles. The highest BCUT2D eigenvalue weighted by Gasteiger charge is 2.23. The fourth-order valence-electron chi connectivity index (χ4n) is 2.96. The molecule has 1 fully saturated rings. The van der Waals surface area contributed by atoms with Crippen molar-refractivity contribution < 1.29 is 9.32 Å². The van der Waals surface area contributed by atoms with Crippen molar-refractivity contribution in [1.29, 1.82) is 0 Å². The van der Waals surface area contributed by atoms with Crippen molar-refractivity contribution in [3.05, 3.63) is 29.8 Å². The van der Waals surface area contributed by atoms with E-state index >= 15 is 0 Å². The zero-order valence-electron chi connectivity index (χ0n) is 12.4. The first-order chi connectivity index (χ1) is 9.56. The first kappa shape index (κ1) is 15.7. The minimum absolute atomic E-state index is 0.129. The summed E-state index contributed by atoms with van der Waals surface area (Å²) in [4.78, 5) is 3.15. The molecule has 0 aromatic heterocycles. The summed E-state index contributed by atoms with van der Waals surface area (Å²) in [6.07, 6.45) is 6.07. The van der Waals surface area contributed by atoms with Crippen LogP contribution >= 0.6 is 0 Å². The molecule has 1 aromatic carbocycles. The van der Waals surface area contributed by atoms with E-state index in [4.69, 9.17) is 0 Å². The van der Waals surface area contributed by atoms with Gasteiger partial charge in [0.25, 0.3) is 0 Å². The average molecular weight is 295 g/mol. The van der Waals surface area contributed by atoms with Gasteiger partial charge in [0, 0.05) is 35.0 Å². The van der Waals surface area contributed by atoms with Crippen molar-refractivity contribution in [2.75, 3.05) is 19.8 Å². The van der Waals surface area contributed by atoms with Crippen molar-refractivity contribution >= 4 is 10.8 Å². The lowest BCUT2D eigenvalue weighted by molar-refractivity contribution is 0.0502. The lowest BCUT2D eigenvalue weighted by Crippen LogP contribution is -2.34. The van der Waals surface area contributed by atoms with Crippen LogP contribution in [0, 0.1) is 5.92 Å². The van der Waals surface area contributed by atoms with Gasteiger partial charge in [-0.1, -0.05) is 25.0 Å². The second-order valence-electron chi connectivity index (χ2n) is 5.91. The zero-order chi connectivity index (χ0) is 14.5. The van der Waals surface area contributed by atoms with Gasteiger partial charge in [-0.2, -0.15) is 0 Å². The molecular formula is C16H25NO2S. The Morgan fingerprint density at radius 3 is 2.50 bits per heavy atom. The van der Waals surface area contributed by atoms with Crippen LogP contribution in [0.15, 0.2) is 29.2 Å². The number of nitrogens with zero attached hydrogens (tertiary/aromatic N) is 1. The van der Waals surface area contributed by atoms with Crippen LogP contribution in [0.3, 0.4) is 0 Å². The molecule has 4 heteroatoms. The third kappa shape index (κ3) is 4.40. The standard InChI is InChI=1S/C16H25NO2S/c1-17(12-14-5-3-4-6-16(14)18)11-13-7-9-15(10-8-13)20(2)19/h7-10,14,16,18H,3-6,11-12H2,1-2H3. The van der Waals surface area contributed by atoms with Crippen LogP contribution in [0.1, 0.15) is 31.2 Å². The molecule has 1 aliphatic carbocycles. The Kier molecular flexibility index (Phi) is 5.75. The molecule has 1 aliphatic rings. The lowest BCUT2D eigenvalue weighted by atomic mass is 9.86. The maximum atomic E-state index is 11.4. The van der Waals surface area contributed by atoms with Crippen LogP contribution in [-0.4, -0.2) is 40.2 Å². The fraction of sp³-hybridized carbons (Fsp3) is 0.625. The quantitative estimate of drug-likeness (QED) is 0.907. The summed E-state index contributed by atoms with van der Waals surface area (Å²) in [5, 5.41) is 10.0. The highest BCUT2D eigenvalue weighted by Crippen LogP contribution is 2.25. The zero-order valence-corrected chi connectivity index (χ0v) is 13.2. The van der Waals surface area contributed by atoms with Crippen molar-refractivity contribution in [2.45, 2.75) is 43.2 Å². The summed E-state index contributed by atoms with van der Waals surface area (Å²) < 4.78 is 11.4. The molecule has 0 amide bonds. The Hall–Kier alpha value is -0.710. The number of aliphatic hydroxyl groups is 1. The summed E-state index contributed by atoms with van der Waals surface area (Å²) >= 11 is 0. The van der Waals surface area contributed by atoms with E-state index in [2.05, 4.69) is 11.9 Å². The van der Waals surface area contributed by atoms with Gasteiger partial charge in [0.2, 0.25) is 0 Å². The monoisotopic (exact) mass is 295 g/mol. The van der Waals surface area contributed by atoms with Crippen LogP contribution in [0.4, 0.5) is 0 Å². The second kappa shape index (κ2) is 7.34. The molecule has 3 nitrogen and oxygen atoms in total. The molecule has 0 bridgehead atoms. The van der Waals surface area contributed by atoms with Crippen LogP contribution in [0.2, 0.25) is 0 Å².